The molecule has 1 aromatic rings. The Hall–Kier alpha value is -1.92. The van der Waals surface area contributed by atoms with Crippen LogP contribution in [0.5, 0.6) is 0 Å². The van der Waals surface area contributed by atoms with E-state index in [4.69, 9.17) is 14.6 Å². The van der Waals surface area contributed by atoms with Crippen molar-refractivity contribution in [3.8, 4) is 0 Å². The summed E-state index contributed by atoms with van der Waals surface area (Å²) in [5.41, 5.74) is 2.00. The lowest BCUT2D eigenvalue weighted by atomic mass is 10.0. The molecular formula is C18H26N2O4. The van der Waals surface area contributed by atoms with Gasteiger partial charge in [0.2, 0.25) is 0 Å². The third kappa shape index (κ3) is 4.33. The Bertz CT molecular complexity index is 564. The number of fused-ring (bicyclic) bond motifs is 3. The van der Waals surface area contributed by atoms with E-state index in [0.717, 1.165) is 50.4 Å². The number of hydrogen-bond donors (Lipinski definition) is 1. The molecule has 2 aliphatic heterocycles. The van der Waals surface area contributed by atoms with Crippen molar-refractivity contribution >= 4 is 12.4 Å². The molecule has 0 radical (unpaired) electrons. The average Bonchev–Trinajstić information content (AvgIpc) is 2.83. The van der Waals surface area contributed by atoms with E-state index in [1.165, 1.54) is 0 Å². The van der Waals surface area contributed by atoms with E-state index in [0.29, 0.717) is 12.0 Å². The summed E-state index contributed by atoms with van der Waals surface area (Å²) < 4.78 is 5.73. The van der Waals surface area contributed by atoms with E-state index in [2.05, 4.69) is 24.9 Å². The monoisotopic (exact) mass is 334 g/mol. The number of amides is 1. The Morgan fingerprint density at radius 3 is 2.71 bits per heavy atom. The SMILES string of the molecule is CCc1ccccc1C(=O)N1C[C@@H]2COC[C@H](C1)N(C)C2.O=CO. The van der Waals surface area contributed by atoms with E-state index in [-0.39, 0.29) is 12.4 Å². The fraction of sp³-hybridized carbons (Fsp3) is 0.556. The molecule has 3 rings (SSSR count). The van der Waals surface area contributed by atoms with E-state index in [1.807, 2.05) is 23.1 Å². The van der Waals surface area contributed by atoms with Gasteiger partial charge in [0.05, 0.1) is 19.3 Å². The van der Waals surface area contributed by atoms with Gasteiger partial charge in [-0.3, -0.25) is 14.5 Å². The van der Waals surface area contributed by atoms with Gasteiger partial charge in [0.15, 0.2) is 0 Å². The molecule has 0 aromatic heterocycles. The first-order valence-corrected chi connectivity index (χ1v) is 8.33. The van der Waals surface area contributed by atoms with Gasteiger partial charge in [-0.05, 0) is 25.1 Å². The third-order valence-electron chi connectivity index (χ3n) is 4.66. The first kappa shape index (κ1) is 18.4. The molecule has 2 atom stereocenters. The van der Waals surface area contributed by atoms with Crippen molar-refractivity contribution in [3.05, 3.63) is 35.4 Å². The summed E-state index contributed by atoms with van der Waals surface area (Å²) >= 11 is 0. The maximum Gasteiger partial charge on any atom is 0.290 e. The molecule has 2 heterocycles. The van der Waals surface area contributed by atoms with Crippen molar-refractivity contribution in [2.75, 3.05) is 39.9 Å². The van der Waals surface area contributed by atoms with Crippen molar-refractivity contribution in [2.24, 2.45) is 5.92 Å². The smallest absolute Gasteiger partial charge is 0.290 e. The molecule has 24 heavy (non-hydrogen) atoms. The Morgan fingerprint density at radius 1 is 1.29 bits per heavy atom. The van der Waals surface area contributed by atoms with Crippen molar-refractivity contribution in [2.45, 2.75) is 19.4 Å². The number of nitrogens with zero attached hydrogens (tertiary/aromatic N) is 2. The summed E-state index contributed by atoms with van der Waals surface area (Å²) in [6.45, 7) is 5.93. The Labute approximate surface area is 143 Å². The highest BCUT2D eigenvalue weighted by atomic mass is 16.5. The van der Waals surface area contributed by atoms with E-state index in [9.17, 15) is 4.79 Å². The molecule has 0 saturated carbocycles. The molecule has 6 nitrogen and oxygen atoms in total. The van der Waals surface area contributed by atoms with Gasteiger partial charge in [-0.1, -0.05) is 25.1 Å². The van der Waals surface area contributed by atoms with Gasteiger partial charge in [-0.2, -0.15) is 0 Å². The van der Waals surface area contributed by atoms with Crippen molar-refractivity contribution < 1.29 is 19.4 Å². The highest BCUT2D eigenvalue weighted by Gasteiger charge is 2.33. The van der Waals surface area contributed by atoms with Gasteiger partial charge in [0, 0.05) is 31.1 Å². The molecule has 1 aromatic carbocycles. The van der Waals surface area contributed by atoms with Crippen LogP contribution in [0.25, 0.3) is 0 Å². The zero-order chi connectivity index (χ0) is 17.5. The summed E-state index contributed by atoms with van der Waals surface area (Å²) in [5, 5.41) is 6.89. The van der Waals surface area contributed by atoms with E-state index in [1.54, 1.807) is 0 Å². The molecule has 0 aliphatic carbocycles. The number of ether oxygens (including phenoxy) is 1. The van der Waals surface area contributed by atoms with E-state index < -0.39 is 0 Å². The molecule has 132 valence electrons. The predicted molar refractivity (Wildman–Crippen MR) is 91.1 cm³/mol. The Morgan fingerprint density at radius 2 is 2.00 bits per heavy atom. The number of likely N-dealkylation sites (N-methyl/N-ethyl adjacent to an activating group) is 1. The number of aryl methyl sites for hydroxylation is 1. The summed E-state index contributed by atoms with van der Waals surface area (Å²) in [4.78, 5) is 25.7. The highest BCUT2D eigenvalue weighted by molar-refractivity contribution is 5.95. The predicted octanol–water partition coefficient (Wildman–Crippen LogP) is 1.35. The zero-order valence-corrected chi connectivity index (χ0v) is 14.4. The van der Waals surface area contributed by atoms with Crippen molar-refractivity contribution in [1.82, 2.24) is 9.80 Å². The highest BCUT2D eigenvalue weighted by Crippen LogP contribution is 2.21. The zero-order valence-electron chi connectivity index (χ0n) is 14.4. The number of carboxylic acid groups (broad SMARTS) is 1. The molecule has 2 saturated heterocycles. The number of rotatable bonds is 2. The van der Waals surface area contributed by atoms with Gasteiger partial charge in [0.25, 0.3) is 12.4 Å². The minimum atomic E-state index is -0.250. The van der Waals surface area contributed by atoms with Crippen LogP contribution in [0, 0.1) is 5.92 Å². The summed E-state index contributed by atoms with van der Waals surface area (Å²) in [5.74, 6) is 0.597. The first-order chi connectivity index (χ1) is 11.6. The second-order valence-corrected chi connectivity index (χ2v) is 6.32. The second kappa shape index (κ2) is 8.80. The number of carbonyl (C=O) groups is 2. The minimum Gasteiger partial charge on any atom is -0.483 e. The van der Waals surface area contributed by atoms with Crippen LogP contribution in [0.2, 0.25) is 0 Å². The molecule has 1 amide bonds. The van der Waals surface area contributed by atoms with Gasteiger partial charge in [0.1, 0.15) is 0 Å². The Balaban J connectivity index is 0.000000647. The minimum absolute atomic E-state index is 0.180. The van der Waals surface area contributed by atoms with Crippen LogP contribution in [-0.2, 0) is 16.0 Å². The standard InChI is InChI=1S/C17H24N2O2.CH2O2/c1-3-14-6-4-5-7-16(14)17(20)19-9-13-8-18(2)15(10-19)12-21-11-13;2-1-3/h4-7,13,15H,3,8-12H2,1-2H3;1H,(H,2,3)/t13-,15+;/m1./s1. The maximum atomic E-state index is 12.9. The van der Waals surface area contributed by atoms with Crippen LogP contribution in [0.15, 0.2) is 24.3 Å². The fourth-order valence-corrected chi connectivity index (χ4v) is 3.42. The van der Waals surface area contributed by atoms with Crippen LogP contribution in [0.1, 0.15) is 22.8 Å². The summed E-state index contributed by atoms with van der Waals surface area (Å²) in [6, 6.07) is 8.30. The molecule has 0 unspecified atom stereocenters. The molecule has 1 N–H and O–H groups in total. The fourth-order valence-electron chi connectivity index (χ4n) is 3.42. The lowest BCUT2D eigenvalue weighted by Crippen LogP contribution is -2.44. The molecule has 2 fully saturated rings. The topological polar surface area (TPSA) is 70.1 Å². The third-order valence-corrected chi connectivity index (χ3v) is 4.66. The Kier molecular flexibility index (Phi) is 6.75. The summed E-state index contributed by atoms with van der Waals surface area (Å²) in [6.07, 6.45) is 0.894. The largest absolute Gasteiger partial charge is 0.483 e. The van der Waals surface area contributed by atoms with Gasteiger partial charge in [-0.15, -0.1) is 0 Å². The van der Waals surface area contributed by atoms with Crippen LogP contribution in [-0.4, -0.2) is 73.2 Å². The first-order valence-electron chi connectivity index (χ1n) is 8.33. The van der Waals surface area contributed by atoms with Gasteiger partial charge < -0.3 is 14.7 Å². The normalized spacial score (nSPS) is 23.7. The molecule has 2 aliphatic rings. The van der Waals surface area contributed by atoms with Crippen molar-refractivity contribution in [3.63, 3.8) is 0 Å². The quantitative estimate of drug-likeness (QED) is 0.827. The number of benzene rings is 1. The lowest BCUT2D eigenvalue weighted by molar-refractivity contribution is -0.122. The van der Waals surface area contributed by atoms with Gasteiger partial charge >= 0.3 is 0 Å². The lowest BCUT2D eigenvalue weighted by Gasteiger charge is -2.30. The van der Waals surface area contributed by atoms with Gasteiger partial charge in [-0.25, -0.2) is 0 Å². The molecule has 2 bridgehead atoms. The molecule has 0 spiro atoms. The average molecular weight is 334 g/mol. The summed E-state index contributed by atoms with van der Waals surface area (Å²) in [7, 11) is 2.14. The molecule has 6 heteroatoms. The van der Waals surface area contributed by atoms with Crippen LogP contribution in [0.4, 0.5) is 0 Å². The van der Waals surface area contributed by atoms with Crippen LogP contribution < -0.4 is 0 Å². The van der Waals surface area contributed by atoms with E-state index >= 15 is 0 Å². The number of carbonyl (C=O) groups excluding carboxylic acids is 1. The van der Waals surface area contributed by atoms with Crippen molar-refractivity contribution in [1.29, 1.82) is 0 Å². The van der Waals surface area contributed by atoms with Crippen LogP contribution >= 0.6 is 0 Å². The maximum absolute atomic E-state index is 12.9. The second-order valence-electron chi connectivity index (χ2n) is 6.32. The molecular weight excluding hydrogens is 308 g/mol. The van der Waals surface area contributed by atoms with Crippen LogP contribution in [0.3, 0.4) is 0 Å². The number of hydrogen-bond acceptors (Lipinski definition) is 4.